The van der Waals surface area contributed by atoms with Crippen LogP contribution in [0.2, 0.25) is 0 Å². The van der Waals surface area contributed by atoms with Crippen molar-refractivity contribution in [2.24, 2.45) is 0 Å². The molecule has 138 valence electrons. The zero-order valence-corrected chi connectivity index (χ0v) is 15.8. The SMILES string of the molecule is C=CCN(CCc1ccccc1)Cc1cccc(OCc2ccccc2)c1. The average molecular weight is 357 g/mol. The highest BCUT2D eigenvalue weighted by Crippen LogP contribution is 2.17. The summed E-state index contributed by atoms with van der Waals surface area (Å²) in [7, 11) is 0. The van der Waals surface area contributed by atoms with E-state index in [4.69, 9.17) is 4.74 Å². The minimum Gasteiger partial charge on any atom is -0.489 e. The Morgan fingerprint density at radius 3 is 2.15 bits per heavy atom. The summed E-state index contributed by atoms with van der Waals surface area (Å²) in [5, 5.41) is 0. The van der Waals surface area contributed by atoms with Gasteiger partial charge in [-0.2, -0.15) is 0 Å². The number of ether oxygens (including phenoxy) is 1. The van der Waals surface area contributed by atoms with Crippen LogP contribution in [-0.4, -0.2) is 18.0 Å². The molecule has 3 rings (SSSR count). The second-order valence-corrected chi connectivity index (χ2v) is 6.68. The van der Waals surface area contributed by atoms with Crippen LogP contribution in [0.5, 0.6) is 5.75 Å². The van der Waals surface area contributed by atoms with Gasteiger partial charge < -0.3 is 4.74 Å². The van der Waals surface area contributed by atoms with Crippen LogP contribution in [0.15, 0.2) is 97.6 Å². The van der Waals surface area contributed by atoms with Crippen LogP contribution in [-0.2, 0) is 19.6 Å². The largest absolute Gasteiger partial charge is 0.489 e. The van der Waals surface area contributed by atoms with Crippen LogP contribution in [0.1, 0.15) is 16.7 Å². The maximum absolute atomic E-state index is 5.96. The molecule has 0 N–H and O–H groups in total. The van der Waals surface area contributed by atoms with Gasteiger partial charge in [0.1, 0.15) is 12.4 Å². The van der Waals surface area contributed by atoms with E-state index in [2.05, 4.69) is 72.1 Å². The van der Waals surface area contributed by atoms with E-state index in [1.54, 1.807) is 0 Å². The molecule has 0 bridgehead atoms. The van der Waals surface area contributed by atoms with Crippen molar-refractivity contribution in [3.63, 3.8) is 0 Å². The predicted octanol–water partition coefficient (Wildman–Crippen LogP) is 5.50. The van der Waals surface area contributed by atoms with Gasteiger partial charge in [0.05, 0.1) is 0 Å². The Bertz CT molecular complexity index is 814. The van der Waals surface area contributed by atoms with Gasteiger partial charge in [-0.15, -0.1) is 6.58 Å². The second-order valence-electron chi connectivity index (χ2n) is 6.68. The summed E-state index contributed by atoms with van der Waals surface area (Å²) in [6.07, 6.45) is 3.01. The van der Waals surface area contributed by atoms with E-state index in [1.807, 2.05) is 30.3 Å². The fourth-order valence-electron chi connectivity index (χ4n) is 3.08. The molecule has 0 aromatic heterocycles. The first-order valence-corrected chi connectivity index (χ1v) is 9.46. The zero-order chi connectivity index (χ0) is 18.7. The molecule has 27 heavy (non-hydrogen) atoms. The van der Waals surface area contributed by atoms with Crippen molar-refractivity contribution in [1.29, 1.82) is 0 Å². The fourth-order valence-corrected chi connectivity index (χ4v) is 3.08. The normalized spacial score (nSPS) is 10.7. The highest BCUT2D eigenvalue weighted by atomic mass is 16.5. The number of benzene rings is 3. The molecule has 0 saturated carbocycles. The lowest BCUT2D eigenvalue weighted by atomic mass is 10.1. The lowest BCUT2D eigenvalue weighted by Crippen LogP contribution is -2.25. The topological polar surface area (TPSA) is 12.5 Å². The Hall–Kier alpha value is -2.84. The Morgan fingerprint density at radius 2 is 1.44 bits per heavy atom. The van der Waals surface area contributed by atoms with Gasteiger partial charge in [0, 0.05) is 19.6 Å². The van der Waals surface area contributed by atoms with Crippen molar-refractivity contribution in [3.8, 4) is 5.75 Å². The highest BCUT2D eigenvalue weighted by Gasteiger charge is 2.06. The molecule has 0 amide bonds. The molecule has 2 nitrogen and oxygen atoms in total. The van der Waals surface area contributed by atoms with Crippen molar-refractivity contribution in [1.82, 2.24) is 4.90 Å². The van der Waals surface area contributed by atoms with Crippen LogP contribution < -0.4 is 4.74 Å². The lowest BCUT2D eigenvalue weighted by Gasteiger charge is -2.21. The summed E-state index contributed by atoms with van der Waals surface area (Å²) in [5.74, 6) is 0.915. The lowest BCUT2D eigenvalue weighted by molar-refractivity contribution is 0.292. The Morgan fingerprint density at radius 1 is 0.778 bits per heavy atom. The summed E-state index contributed by atoms with van der Waals surface area (Å²) >= 11 is 0. The first-order valence-electron chi connectivity index (χ1n) is 9.46. The summed E-state index contributed by atoms with van der Waals surface area (Å²) in [5.41, 5.74) is 3.81. The summed E-state index contributed by atoms with van der Waals surface area (Å²) in [6.45, 7) is 7.28. The zero-order valence-electron chi connectivity index (χ0n) is 15.8. The van der Waals surface area contributed by atoms with Crippen molar-refractivity contribution in [2.75, 3.05) is 13.1 Å². The molecule has 0 spiro atoms. The average Bonchev–Trinajstić information content (AvgIpc) is 2.72. The molecule has 0 heterocycles. The third-order valence-corrected chi connectivity index (χ3v) is 4.50. The Balaban J connectivity index is 1.57. The molecular weight excluding hydrogens is 330 g/mol. The minimum absolute atomic E-state index is 0.592. The molecule has 0 saturated heterocycles. The van der Waals surface area contributed by atoms with E-state index >= 15 is 0 Å². The van der Waals surface area contributed by atoms with Crippen LogP contribution in [0.25, 0.3) is 0 Å². The van der Waals surface area contributed by atoms with Crippen molar-refractivity contribution in [3.05, 3.63) is 114 Å². The van der Waals surface area contributed by atoms with Crippen LogP contribution in [0.3, 0.4) is 0 Å². The van der Waals surface area contributed by atoms with Gasteiger partial charge in [0.25, 0.3) is 0 Å². The van der Waals surface area contributed by atoms with E-state index in [0.29, 0.717) is 6.61 Å². The van der Waals surface area contributed by atoms with E-state index < -0.39 is 0 Å². The second kappa shape index (κ2) is 10.3. The van der Waals surface area contributed by atoms with Crippen LogP contribution >= 0.6 is 0 Å². The molecule has 0 aliphatic rings. The quantitative estimate of drug-likeness (QED) is 0.445. The smallest absolute Gasteiger partial charge is 0.120 e. The molecule has 0 unspecified atom stereocenters. The van der Waals surface area contributed by atoms with Crippen molar-refractivity contribution < 1.29 is 4.74 Å². The number of nitrogens with zero attached hydrogens (tertiary/aromatic N) is 1. The van der Waals surface area contributed by atoms with E-state index in [9.17, 15) is 0 Å². The molecule has 0 aliphatic heterocycles. The van der Waals surface area contributed by atoms with E-state index in [1.165, 1.54) is 16.7 Å². The summed E-state index contributed by atoms with van der Waals surface area (Å²) in [6, 6.07) is 29.3. The minimum atomic E-state index is 0.592. The van der Waals surface area contributed by atoms with Crippen molar-refractivity contribution >= 4 is 0 Å². The monoisotopic (exact) mass is 357 g/mol. The first-order chi connectivity index (χ1) is 13.3. The van der Waals surface area contributed by atoms with E-state index in [-0.39, 0.29) is 0 Å². The molecule has 3 aromatic rings. The van der Waals surface area contributed by atoms with Crippen LogP contribution in [0, 0.1) is 0 Å². The van der Waals surface area contributed by atoms with Gasteiger partial charge in [0.2, 0.25) is 0 Å². The molecule has 0 atom stereocenters. The van der Waals surface area contributed by atoms with Gasteiger partial charge in [-0.05, 0) is 35.2 Å². The third kappa shape index (κ3) is 6.43. The Kier molecular flexibility index (Phi) is 7.25. The van der Waals surface area contributed by atoms with Gasteiger partial charge in [-0.1, -0.05) is 78.9 Å². The fraction of sp³-hybridized carbons (Fsp3) is 0.200. The van der Waals surface area contributed by atoms with E-state index in [0.717, 1.165) is 31.8 Å². The molecule has 0 radical (unpaired) electrons. The predicted molar refractivity (Wildman–Crippen MR) is 113 cm³/mol. The molecule has 2 heteroatoms. The van der Waals surface area contributed by atoms with Crippen molar-refractivity contribution in [2.45, 2.75) is 19.6 Å². The Labute approximate surface area is 162 Å². The maximum atomic E-state index is 5.96. The first kappa shape index (κ1) is 18.9. The molecule has 0 fully saturated rings. The number of rotatable bonds is 10. The maximum Gasteiger partial charge on any atom is 0.120 e. The molecule has 0 aliphatic carbocycles. The van der Waals surface area contributed by atoms with Gasteiger partial charge in [0.15, 0.2) is 0 Å². The summed E-state index contributed by atoms with van der Waals surface area (Å²) < 4.78 is 5.96. The van der Waals surface area contributed by atoms with Gasteiger partial charge in [-0.25, -0.2) is 0 Å². The molecule has 3 aromatic carbocycles. The highest BCUT2D eigenvalue weighted by molar-refractivity contribution is 5.29. The standard InChI is InChI=1S/C25H27NO/c1-2-17-26(18-16-22-10-5-3-6-11-22)20-24-14-9-15-25(19-24)27-21-23-12-7-4-8-13-23/h2-15,19H,1,16-18,20-21H2. The number of hydrogen-bond acceptors (Lipinski definition) is 2. The third-order valence-electron chi connectivity index (χ3n) is 4.50. The van der Waals surface area contributed by atoms with Crippen LogP contribution in [0.4, 0.5) is 0 Å². The number of hydrogen-bond donors (Lipinski definition) is 0. The van der Waals surface area contributed by atoms with Gasteiger partial charge in [-0.3, -0.25) is 4.90 Å². The van der Waals surface area contributed by atoms with Gasteiger partial charge >= 0.3 is 0 Å². The molecular formula is C25H27NO. The summed E-state index contributed by atoms with van der Waals surface area (Å²) in [4.78, 5) is 2.41.